The van der Waals surface area contributed by atoms with Gasteiger partial charge < -0.3 is 10.2 Å². The number of hydrogen-bond donors (Lipinski definition) is 2. The number of hydrogen-bond acceptors (Lipinski definition) is 4. The lowest BCUT2D eigenvalue weighted by molar-refractivity contribution is 0.475. The maximum absolute atomic E-state index is 13.2. The summed E-state index contributed by atoms with van der Waals surface area (Å²) in [6.45, 7) is 3.30. The Kier molecular flexibility index (Phi) is 3.82. The molecule has 108 valence electrons. The van der Waals surface area contributed by atoms with Gasteiger partial charge in [-0.2, -0.15) is 0 Å². The molecule has 2 aromatic rings. The number of aryl methyl sites for hydroxylation is 2. The quantitative estimate of drug-likeness (QED) is 0.846. The van der Waals surface area contributed by atoms with Gasteiger partial charge in [0.2, 0.25) is 10.0 Å². The van der Waals surface area contributed by atoms with Gasteiger partial charge in [-0.15, -0.1) is 0 Å². The molecular weight excluding hydrogens is 283 g/mol. The number of benzene rings is 1. The predicted octanol–water partition coefficient (Wildman–Crippen LogP) is 2.10. The molecule has 0 atom stereocenters. The second kappa shape index (κ2) is 5.26. The van der Waals surface area contributed by atoms with Gasteiger partial charge >= 0.3 is 0 Å². The zero-order chi connectivity index (χ0) is 14.9. The van der Waals surface area contributed by atoms with E-state index in [0.29, 0.717) is 17.1 Å². The summed E-state index contributed by atoms with van der Waals surface area (Å²) in [5, 5.41) is 0. The molecule has 1 aromatic carbocycles. The lowest BCUT2D eigenvalue weighted by Crippen LogP contribution is -2.24. The van der Waals surface area contributed by atoms with Crippen LogP contribution in [0.15, 0.2) is 33.6 Å². The van der Waals surface area contributed by atoms with Crippen molar-refractivity contribution in [2.75, 3.05) is 5.73 Å². The van der Waals surface area contributed by atoms with Gasteiger partial charge in [-0.1, -0.05) is 0 Å². The van der Waals surface area contributed by atoms with Crippen molar-refractivity contribution in [1.82, 2.24) is 4.72 Å². The van der Waals surface area contributed by atoms with Gasteiger partial charge in [-0.3, -0.25) is 0 Å². The largest absolute Gasteiger partial charge is 0.465 e. The van der Waals surface area contributed by atoms with Crippen molar-refractivity contribution in [2.45, 2.75) is 25.3 Å². The number of anilines is 1. The second-order valence-corrected chi connectivity index (χ2v) is 6.21. The van der Waals surface area contributed by atoms with E-state index in [1.165, 1.54) is 6.92 Å². The molecular formula is C13H15FN2O3S. The first kappa shape index (κ1) is 14.5. The van der Waals surface area contributed by atoms with E-state index in [1.54, 1.807) is 19.1 Å². The van der Waals surface area contributed by atoms with Gasteiger partial charge in [0, 0.05) is 0 Å². The summed E-state index contributed by atoms with van der Waals surface area (Å²) >= 11 is 0. The highest BCUT2D eigenvalue weighted by Crippen LogP contribution is 2.21. The molecule has 0 unspecified atom stereocenters. The normalized spacial score (nSPS) is 11.8. The standard InChI is InChI=1S/C13H15FN2O3S/c1-8-5-11(14)12(15)6-13(8)20(17,18)16-7-10-4-3-9(2)19-10/h3-6,16H,7,15H2,1-2H3. The van der Waals surface area contributed by atoms with Crippen LogP contribution in [0.2, 0.25) is 0 Å². The van der Waals surface area contributed by atoms with E-state index >= 15 is 0 Å². The van der Waals surface area contributed by atoms with Crippen molar-refractivity contribution < 1.29 is 17.2 Å². The van der Waals surface area contributed by atoms with Crippen molar-refractivity contribution in [3.8, 4) is 0 Å². The molecule has 1 aromatic heterocycles. The second-order valence-electron chi connectivity index (χ2n) is 4.48. The van der Waals surface area contributed by atoms with Crippen LogP contribution in [0.25, 0.3) is 0 Å². The minimum absolute atomic E-state index is 0.0207. The number of nitrogens with two attached hydrogens (primary N) is 1. The van der Waals surface area contributed by atoms with Crippen molar-refractivity contribution in [3.63, 3.8) is 0 Å². The lowest BCUT2D eigenvalue weighted by Gasteiger charge is -2.10. The molecule has 0 fully saturated rings. The molecule has 0 amide bonds. The third-order valence-corrected chi connectivity index (χ3v) is 4.36. The predicted molar refractivity (Wildman–Crippen MR) is 73.0 cm³/mol. The van der Waals surface area contributed by atoms with E-state index in [4.69, 9.17) is 10.2 Å². The number of nitrogens with one attached hydrogen (secondary N) is 1. The molecule has 0 aliphatic rings. The van der Waals surface area contributed by atoms with Crippen LogP contribution < -0.4 is 10.5 Å². The molecule has 0 spiro atoms. The Hall–Kier alpha value is -1.86. The van der Waals surface area contributed by atoms with Crippen LogP contribution in [-0.4, -0.2) is 8.42 Å². The highest BCUT2D eigenvalue weighted by atomic mass is 32.2. The first-order valence-corrected chi connectivity index (χ1v) is 7.38. The summed E-state index contributed by atoms with van der Waals surface area (Å²) in [4.78, 5) is -0.0420. The first-order chi connectivity index (χ1) is 9.29. The molecule has 0 bridgehead atoms. The van der Waals surface area contributed by atoms with Crippen molar-refractivity contribution in [3.05, 3.63) is 47.2 Å². The minimum Gasteiger partial charge on any atom is -0.465 e. The topological polar surface area (TPSA) is 85.3 Å². The molecule has 1 heterocycles. The number of sulfonamides is 1. The van der Waals surface area contributed by atoms with E-state index in [9.17, 15) is 12.8 Å². The summed E-state index contributed by atoms with van der Waals surface area (Å²) in [6, 6.07) is 5.63. The van der Waals surface area contributed by atoms with Crippen LogP contribution >= 0.6 is 0 Å². The number of nitrogen functional groups attached to an aromatic ring is 1. The average molecular weight is 298 g/mol. The van der Waals surface area contributed by atoms with Gasteiger partial charge in [0.15, 0.2) is 0 Å². The van der Waals surface area contributed by atoms with E-state index in [1.807, 2.05) is 0 Å². The van der Waals surface area contributed by atoms with Gasteiger partial charge in [0.05, 0.1) is 17.1 Å². The summed E-state index contributed by atoms with van der Waals surface area (Å²) in [7, 11) is -3.78. The zero-order valence-electron chi connectivity index (χ0n) is 11.1. The third-order valence-electron chi connectivity index (χ3n) is 2.82. The first-order valence-electron chi connectivity index (χ1n) is 5.90. The fraction of sp³-hybridized carbons (Fsp3) is 0.231. The molecule has 7 heteroatoms. The van der Waals surface area contributed by atoms with E-state index in [0.717, 1.165) is 12.1 Å². The molecule has 0 aliphatic carbocycles. The van der Waals surface area contributed by atoms with E-state index in [2.05, 4.69) is 4.72 Å². The van der Waals surface area contributed by atoms with Crippen LogP contribution in [0.3, 0.4) is 0 Å². The smallest absolute Gasteiger partial charge is 0.241 e. The summed E-state index contributed by atoms with van der Waals surface area (Å²) in [5.74, 6) is 0.559. The molecule has 0 aliphatic heterocycles. The molecule has 0 radical (unpaired) electrons. The van der Waals surface area contributed by atoms with Crippen LogP contribution in [0.1, 0.15) is 17.1 Å². The van der Waals surface area contributed by atoms with Gasteiger partial charge in [-0.25, -0.2) is 17.5 Å². The third kappa shape index (κ3) is 3.00. The summed E-state index contributed by atoms with van der Waals surface area (Å²) in [6.07, 6.45) is 0. The molecule has 5 nitrogen and oxygen atoms in total. The Morgan fingerprint density at radius 2 is 2.00 bits per heavy atom. The van der Waals surface area contributed by atoms with Crippen LogP contribution in [0, 0.1) is 19.7 Å². The van der Waals surface area contributed by atoms with Gasteiger partial charge in [0.25, 0.3) is 0 Å². The van der Waals surface area contributed by atoms with Crippen LogP contribution in [-0.2, 0) is 16.6 Å². The van der Waals surface area contributed by atoms with Crippen molar-refractivity contribution >= 4 is 15.7 Å². The fourth-order valence-corrected chi connectivity index (χ4v) is 3.03. The molecule has 2 rings (SSSR count). The zero-order valence-corrected chi connectivity index (χ0v) is 11.9. The summed E-state index contributed by atoms with van der Waals surface area (Å²) < 4.78 is 45.2. The van der Waals surface area contributed by atoms with E-state index in [-0.39, 0.29) is 17.1 Å². The Balaban J connectivity index is 2.24. The average Bonchev–Trinajstić information content (AvgIpc) is 2.77. The van der Waals surface area contributed by atoms with Crippen LogP contribution in [0.4, 0.5) is 10.1 Å². The Morgan fingerprint density at radius 1 is 1.30 bits per heavy atom. The number of furan rings is 1. The Labute approximate surface area is 116 Å². The summed E-state index contributed by atoms with van der Waals surface area (Å²) in [5.41, 5.74) is 5.50. The van der Waals surface area contributed by atoms with E-state index < -0.39 is 15.8 Å². The van der Waals surface area contributed by atoms with Crippen molar-refractivity contribution in [1.29, 1.82) is 0 Å². The van der Waals surface area contributed by atoms with Gasteiger partial charge in [-0.05, 0) is 43.7 Å². The molecule has 3 N–H and O–H groups in total. The maximum atomic E-state index is 13.2. The molecule has 20 heavy (non-hydrogen) atoms. The van der Waals surface area contributed by atoms with Gasteiger partial charge in [0.1, 0.15) is 17.3 Å². The maximum Gasteiger partial charge on any atom is 0.241 e. The van der Waals surface area contributed by atoms with Crippen LogP contribution in [0.5, 0.6) is 0 Å². The monoisotopic (exact) mass is 298 g/mol. The highest BCUT2D eigenvalue weighted by Gasteiger charge is 2.19. The Morgan fingerprint density at radius 3 is 2.60 bits per heavy atom. The Bertz CT molecular complexity index is 738. The number of halogens is 1. The highest BCUT2D eigenvalue weighted by molar-refractivity contribution is 7.89. The fourth-order valence-electron chi connectivity index (χ4n) is 1.78. The van der Waals surface area contributed by atoms with Crippen molar-refractivity contribution in [2.24, 2.45) is 0 Å². The number of rotatable bonds is 4. The molecule has 0 saturated heterocycles. The lowest BCUT2D eigenvalue weighted by atomic mass is 10.2. The SMILES string of the molecule is Cc1ccc(CNS(=O)(=O)c2cc(N)c(F)cc2C)o1. The minimum atomic E-state index is -3.78. The molecule has 0 saturated carbocycles.